The summed E-state index contributed by atoms with van der Waals surface area (Å²) in [6.45, 7) is 7.18. The molecule has 1 radical (unpaired) electrons. The van der Waals surface area contributed by atoms with Gasteiger partial charge in [-0.2, -0.15) is 0 Å². The summed E-state index contributed by atoms with van der Waals surface area (Å²) in [5, 5.41) is 27.1. The third-order valence-electron chi connectivity index (χ3n) is 6.72. The number of thiophene rings is 2. The molecule has 0 aromatic carbocycles. The number of methoxy groups -OCH3 is 2. The molecule has 3 aromatic rings. The zero-order chi connectivity index (χ0) is 24.3. The summed E-state index contributed by atoms with van der Waals surface area (Å²) in [4.78, 5) is 2.50. The molecule has 3 aromatic heterocycles. The Kier molecular flexibility index (Phi) is 6.01. The van der Waals surface area contributed by atoms with Gasteiger partial charge >= 0.3 is 5.84 Å². The topological polar surface area (TPSA) is 72.6 Å². The van der Waals surface area contributed by atoms with Crippen molar-refractivity contribution in [2.24, 2.45) is 7.05 Å². The SMILES string of the molecule is COc1cc(SC)sc1-c1ccc(-c2sc(C3=[N+]([O-])C(C)(C)C(C)(C)N3[O])cc2OC)n1C. The van der Waals surface area contributed by atoms with Crippen LogP contribution in [0.2, 0.25) is 0 Å². The van der Waals surface area contributed by atoms with Gasteiger partial charge in [0.25, 0.3) is 0 Å². The van der Waals surface area contributed by atoms with E-state index in [1.807, 2.05) is 25.4 Å². The summed E-state index contributed by atoms with van der Waals surface area (Å²) in [5.74, 6) is 1.59. The highest BCUT2D eigenvalue weighted by molar-refractivity contribution is 8.00. The molecule has 0 bridgehead atoms. The van der Waals surface area contributed by atoms with E-state index in [0.717, 1.165) is 36.7 Å². The summed E-state index contributed by atoms with van der Waals surface area (Å²) in [6, 6.07) is 7.92. The molecule has 0 amide bonds. The van der Waals surface area contributed by atoms with E-state index in [0.29, 0.717) is 10.6 Å². The largest absolute Gasteiger partial charge is 0.714 e. The number of nitrogens with zero attached hydrogens (tertiary/aromatic N) is 3. The first-order chi connectivity index (χ1) is 15.5. The Balaban J connectivity index is 1.82. The maximum atomic E-state index is 13.1. The molecule has 0 N–H and O–H groups in total. The van der Waals surface area contributed by atoms with E-state index < -0.39 is 11.1 Å². The molecule has 0 fully saturated rings. The van der Waals surface area contributed by atoms with Gasteiger partial charge in [0, 0.05) is 24.4 Å². The van der Waals surface area contributed by atoms with Crippen LogP contribution >= 0.6 is 34.4 Å². The third-order valence-corrected chi connectivity index (χ3v) is 10.1. The van der Waals surface area contributed by atoms with Gasteiger partial charge < -0.3 is 19.2 Å². The molecule has 0 saturated carbocycles. The smallest absolute Gasteiger partial charge is 0.327 e. The molecule has 0 aliphatic carbocycles. The van der Waals surface area contributed by atoms with Crippen molar-refractivity contribution in [3.8, 4) is 32.6 Å². The number of amidine groups is 1. The average Bonchev–Trinajstić information content (AvgIpc) is 3.50. The van der Waals surface area contributed by atoms with Crippen molar-refractivity contribution >= 4 is 40.3 Å². The fourth-order valence-corrected chi connectivity index (χ4v) is 6.80. The quantitative estimate of drug-likeness (QED) is 0.244. The molecule has 7 nitrogen and oxygen atoms in total. The molecule has 177 valence electrons. The lowest BCUT2D eigenvalue weighted by Crippen LogP contribution is -2.53. The first-order valence-electron chi connectivity index (χ1n) is 10.4. The number of rotatable bonds is 6. The molecule has 4 rings (SSSR count). The summed E-state index contributed by atoms with van der Waals surface area (Å²) in [7, 11) is 5.28. The molecule has 10 heteroatoms. The molecule has 4 heterocycles. The highest BCUT2D eigenvalue weighted by Crippen LogP contribution is 2.46. The highest BCUT2D eigenvalue weighted by atomic mass is 32.2. The predicted octanol–water partition coefficient (Wildman–Crippen LogP) is 5.70. The van der Waals surface area contributed by atoms with Gasteiger partial charge in [-0.1, -0.05) is 5.06 Å². The first-order valence-corrected chi connectivity index (χ1v) is 13.2. The van der Waals surface area contributed by atoms with Crippen molar-refractivity contribution in [2.75, 3.05) is 20.5 Å². The molecule has 0 atom stereocenters. The fraction of sp³-hybridized carbons (Fsp3) is 0.435. The minimum atomic E-state index is -0.871. The number of hydrogen-bond donors (Lipinski definition) is 0. The van der Waals surface area contributed by atoms with Gasteiger partial charge in [-0.15, -0.1) is 34.4 Å². The number of hydroxylamine groups is 3. The van der Waals surface area contributed by atoms with Crippen molar-refractivity contribution in [1.29, 1.82) is 0 Å². The molecule has 1 aliphatic heterocycles. The molecule has 0 spiro atoms. The predicted molar refractivity (Wildman–Crippen MR) is 135 cm³/mol. The summed E-state index contributed by atoms with van der Waals surface area (Å²) >= 11 is 4.76. The van der Waals surface area contributed by atoms with Crippen molar-refractivity contribution in [3.05, 3.63) is 34.3 Å². The van der Waals surface area contributed by atoms with Gasteiger partial charge in [0.15, 0.2) is 5.54 Å². The lowest BCUT2D eigenvalue weighted by Gasteiger charge is -2.32. The van der Waals surface area contributed by atoms with Crippen molar-refractivity contribution in [3.63, 3.8) is 0 Å². The van der Waals surface area contributed by atoms with E-state index in [-0.39, 0.29) is 5.84 Å². The van der Waals surface area contributed by atoms with Crippen LogP contribution in [-0.2, 0) is 12.3 Å². The third kappa shape index (κ3) is 3.46. The summed E-state index contributed by atoms with van der Waals surface area (Å²) < 4.78 is 15.4. The zero-order valence-electron chi connectivity index (χ0n) is 20.0. The summed E-state index contributed by atoms with van der Waals surface area (Å²) in [6.07, 6.45) is 2.05. The van der Waals surface area contributed by atoms with Crippen LogP contribution in [0.4, 0.5) is 0 Å². The molecule has 0 unspecified atom stereocenters. The Morgan fingerprint density at radius 2 is 1.55 bits per heavy atom. The Morgan fingerprint density at radius 3 is 2.03 bits per heavy atom. The van der Waals surface area contributed by atoms with Gasteiger partial charge in [-0.3, -0.25) is 4.74 Å². The average molecular weight is 507 g/mol. The van der Waals surface area contributed by atoms with Crippen LogP contribution in [-0.4, -0.2) is 51.8 Å². The molecular formula is C23H28N3O4S3. The van der Waals surface area contributed by atoms with Gasteiger partial charge in [0.1, 0.15) is 21.9 Å². The maximum absolute atomic E-state index is 13.1. The van der Waals surface area contributed by atoms with Crippen molar-refractivity contribution in [2.45, 2.75) is 43.0 Å². The first kappa shape index (κ1) is 24.0. The van der Waals surface area contributed by atoms with E-state index in [4.69, 9.17) is 9.47 Å². The molecular weight excluding hydrogens is 478 g/mol. The normalized spacial score (nSPS) is 17.2. The second-order valence-corrected chi connectivity index (χ2v) is 12.1. The van der Waals surface area contributed by atoms with Crippen molar-refractivity contribution < 1.29 is 19.4 Å². The number of hydrogen-bond acceptors (Lipinski definition) is 7. The van der Waals surface area contributed by atoms with Crippen LogP contribution in [0.3, 0.4) is 0 Å². The van der Waals surface area contributed by atoms with E-state index in [9.17, 15) is 10.4 Å². The van der Waals surface area contributed by atoms with Gasteiger partial charge in [-0.05, 0) is 46.1 Å². The van der Waals surface area contributed by atoms with Gasteiger partial charge in [0.2, 0.25) is 0 Å². The molecule has 1 aliphatic rings. The minimum Gasteiger partial charge on any atom is -0.714 e. The van der Waals surface area contributed by atoms with Crippen LogP contribution in [0.5, 0.6) is 11.5 Å². The standard InChI is InChI=1S/C23H28N3O4S3/c1-22(2)23(3,4)26(28)21(25(22)27)17-11-15(29-6)19(32-17)13-9-10-14(24(13)5)20-16(30-7)12-18(31-8)33-20/h9-12H,1-8H3. The summed E-state index contributed by atoms with van der Waals surface area (Å²) in [5.41, 5.74) is 0.219. The second-order valence-electron chi connectivity index (χ2n) is 8.87. The van der Waals surface area contributed by atoms with E-state index in [2.05, 4.69) is 10.6 Å². The van der Waals surface area contributed by atoms with Gasteiger partial charge in [0.05, 0.1) is 39.6 Å². The lowest BCUT2D eigenvalue weighted by molar-refractivity contribution is -0.539. The number of aromatic nitrogens is 1. The number of thioether (sulfide) groups is 1. The van der Waals surface area contributed by atoms with Crippen LogP contribution in [0.1, 0.15) is 32.6 Å². The molecule has 0 saturated heterocycles. The van der Waals surface area contributed by atoms with Crippen LogP contribution in [0.25, 0.3) is 21.1 Å². The fourth-order valence-electron chi connectivity index (χ4n) is 3.87. The van der Waals surface area contributed by atoms with Gasteiger partial charge in [-0.25, -0.2) is 0 Å². The van der Waals surface area contributed by atoms with E-state index >= 15 is 0 Å². The Hall–Kier alpha value is -2.14. The van der Waals surface area contributed by atoms with E-state index in [1.165, 1.54) is 15.5 Å². The highest BCUT2D eigenvalue weighted by Gasteiger charge is 2.60. The maximum Gasteiger partial charge on any atom is 0.327 e. The Labute approximate surface area is 206 Å². The van der Waals surface area contributed by atoms with Crippen molar-refractivity contribution in [1.82, 2.24) is 9.63 Å². The second kappa shape index (κ2) is 8.26. The Morgan fingerprint density at radius 1 is 1.00 bits per heavy atom. The molecule has 33 heavy (non-hydrogen) atoms. The lowest BCUT2D eigenvalue weighted by atomic mass is 9.84. The zero-order valence-corrected chi connectivity index (χ0v) is 22.5. The van der Waals surface area contributed by atoms with Crippen LogP contribution in [0.15, 0.2) is 28.5 Å². The van der Waals surface area contributed by atoms with Crippen LogP contribution < -0.4 is 9.47 Å². The Bertz CT molecular complexity index is 1240. The van der Waals surface area contributed by atoms with E-state index in [1.54, 1.807) is 71.1 Å². The monoisotopic (exact) mass is 506 g/mol. The van der Waals surface area contributed by atoms with Crippen LogP contribution in [0, 0.1) is 5.21 Å². The minimum absolute atomic E-state index is 0.124. The number of ether oxygens (including phenoxy) is 2.